The summed E-state index contributed by atoms with van der Waals surface area (Å²) in [5.74, 6) is 5.32. The highest BCUT2D eigenvalue weighted by atomic mass is 32.2. The van der Waals surface area contributed by atoms with Crippen LogP contribution >= 0.6 is 23.5 Å². The molecule has 19 heavy (non-hydrogen) atoms. The number of hydrogen-bond donors (Lipinski definition) is 1. The van der Waals surface area contributed by atoms with Gasteiger partial charge in [0.2, 0.25) is 5.89 Å². The fourth-order valence-corrected chi connectivity index (χ4v) is 5.36. The topological polar surface area (TPSA) is 59.2 Å². The van der Waals surface area contributed by atoms with Gasteiger partial charge in [-0.3, -0.25) is 0 Å². The van der Waals surface area contributed by atoms with Crippen molar-refractivity contribution in [2.24, 2.45) is 5.92 Å². The summed E-state index contributed by atoms with van der Waals surface area (Å²) in [6.07, 6.45) is 4.89. The van der Waals surface area contributed by atoms with Crippen molar-refractivity contribution < 1.29 is 9.63 Å². The zero-order valence-electron chi connectivity index (χ0n) is 11.0. The molecule has 1 saturated carbocycles. The Morgan fingerprint density at radius 1 is 1.26 bits per heavy atom. The van der Waals surface area contributed by atoms with Crippen molar-refractivity contribution in [3.05, 3.63) is 11.7 Å². The molecule has 0 spiro atoms. The van der Waals surface area contributed by atoms with Crippen molar-refractivity contribution in [2.45, 2.75) is 43.5 Å². The Hall–Kier alpha value is -0.200. The van der Waals surface area contributed by atoms with Crippen LogP contribution in [0.5, 0.6) is 0 Å². The van der Waals surface area contributed by atoms with Crippen LogP contribution in [0.3, 0.4) is 0 Å². The predicted molar refractivity (Wildman–Crippen MR) is 78.5 cm³/mol. The van der Waals surface area contributed by atoms with Gasteiger partial charge in [0, 0.05) is 23.7 Å². The fourth-order valence-electron chi connectivity index (χ4n) is 2.77. The third kappa shape index (κ3) is 3.47. The van der Waals surface area contributed by atoms with Crippen LogP contribution in [0.4, 0.5) is 0 Å². The summed E-state index contributed by atoms with van der Waals surface area (Å²) in [6, 6.07) is 0. The van der Waals surface area contributed by atoms with E-state index in [1.54, 1.807) is 0 Å². The molecule has 2 aliphatic rings. The Morgan fingerprint density at radius 3 is 2.95 bits per heavy atom. The molecule has 1 saturated heterocycles. The lowest BCUT2D eigenvalue weighted by molar-refractivity contribution is 0.0657. The number of hydrogen-bond acceptors (Lipinski definition) is 6. The first kappa shape index (κ1) is 13.8. The number of rotatable bonds is 3. The van der Waals surface area contributed by atoms with Gasteiger partial charge in [-0.15, -0.1) is 11.8 Å². The Balaban J connectivity index is 1.60. The van der Waals surface area contributed by atoms with Crippen LogP contribution in [0.25, 0.3) is 0 Å². The lowest BCUT2D eigenvalue weighted by atomic mass is 9.84. The molecule has 1 aromatic heterocycles. The highest BCUT2D eigenvalue weighted by Gasteiger charge is 2.27. The van der Waals surface area contributed by atoms with E-state index in [9.17, 15) is 5.11 Å². The maximum atomic E-state index is 9.99. The minimum absolute atomic E-state index is 0.191. The summed E-state index contributed by atoms with van der Waals surface area (Å²) in [5, 5.41) is 14.5. The Labute approximate surface area is 122 Å². The molecule has 106 valence electrons. The average Bonchev–Trinajstić information content (AvgIpc) is 2.91. The summed E-state index contributed by atoms with van der Waals surface area (Å²) in [7, 11) is 0. The van der Waals surface area contributed by atoms with E-state index in [1.165, 1.54) is 17.9 Å². The van der Waals surface area contributed by atoms with E-state index in [0.29, 0.717) is 17.1 Å². The van der Waals surface area contributed by atoms with Gasteiger partial charge in [-0.05, 0) is 18.8 Å². The largest absolute Gasteiger partial charge is 0.393 e. The number of aliphatic hydroxyl groups is 1. The first-order valence-corrected chi connectivity index (χ1v) is 9.23. The second-order valence-corrected chi connectivity index (χ2v) is 7.76. The molecule has 2 fully saturated rings. The van der Waals surface area contributed by atoms with E-state index >= 15 is 0 Å². The number of aromatic nitrogens is 2. The van der Waals surface area contributed by atoms with Crippen molar-refractivity contribution in [2.75, 3.05) is 17.3 Å². The van der Waals surface area contributed by atoms with Gasteiger partial charge in [0.25, 0.3) is 0 Å². The molecule has 1 aliphatic heterocycles. The van der Waals surface area contributed by atoms with Gasteiger partial charge in [-0.1, -0.05) is 18.0 Å². The number of nitrogens with zero attached hydrogens (tertiary/aromatic N) is 2. The summed E-state index contributed by atoms with van der Waals surface area (Å²) in [6.45, 7) is 0. The minimum atomic E-state index is -0.191. The molecule has 6 heteroatoms. The van der Waals surface area contributed by atoms with Crippen molar-refractivity contribution >= 4 is 23.5 Å². The van der Waals surface area contributed by atoms with Crippen LogP contribution in [-0.2, 0) is 6.42 Å². The van der Waals surface area contributed by atoms with Crippen molar-refractivity contribution in [3.63, 3.8) is 0 Å². The normalized spacial score (nSPS) is 32.4. The van der Waals surface area contributed by atoms with Gasteiger partial charge in [0.1, 0.15) is 0 Å². The number of aliphatic hydroxyl groups excluding tert-OH is 1. The van der Waals surface area contributed by atoms with E-state index in [-0.39, 0.29) is 6.10 Å². The fraction of sp³-hybridized carbons (Fsp3) is 0.846. The van der Waals surface area contributed by atoms with Gasteiger partial charge in [-0.2, -0.15) is 16.7 Å². The molecule has 1 aromatic rings. The van der Waals surface area contributed by atoms with Crippen LogP contribution in [-0.4, -0.2) is 38.6 Å². The maximum absolute atomic E-state index is 9.99. The molecule has 0 radical (unpaired) electrons. The molecule has 3 rings (SSSR count). The molecule has 0 amide bonds. The van der Waals surface area contributed by atoms with Gasteiger partial charge in [-0.25, -0.2) is 0 Å². The molecule has 3 unspecified atom stereocenters. The van der Waals surface area contributed by atoms with E-state index in [2.05, 4.69) is 10.1 Å². The third-order valence-electron chi connectivity index (χ3n) is 3.89. The van der Waals surface area contributed by atoms with E-state index in [0.717, 1.165) is 37.3 Å². The standard InChI is InChI=1S/C13H20N2O2S2/c16-10-4-2-1-3-9(10)7-12-14-13(15-17-12)11-8-18-5-6-19-11/h9-11,16H,1-8H2. The summed E-state index contributed by atoms with van der Waals surface area (Å²) in [5.41, 5.74) is 0. The Kier molecular flexibility index (Phi) is 4.71. The third-order valence-corrected chi connectivity index (χ3v) is 6.64. The lowest BCUT2D eigenvalue weighted by Gasteiger charge is -2.26. The number of thioether (sulfide) groups is 2. The van der Waals surface area contributed by atoms with Gasteiger partial charge in [0.05, 0.1) is 11.4 Å². The molecule has 3 atom stereocenters. The Bertz CT molecular complexity index is 407. The first-order valence-electron chi connectivity index (χ1n) is 7.03. The van der Waals surface area contributed by atoms with Crippen LogP contribution < -0.4 is 0 Å². The predicted octanol–water partition coefficient (Wildman–Crippen LogP) is 2.68. The SMILES string of the molecule is OC1CCCCC1Cc1nc(C2CSCCS2)no1. The summed E-state index contributed by atoms with van der Waals surface area (Å²) < 4.78 is 5.37. The van der Waals surface area contributed by atoms with Gasteiger partial charge in [0.15, 0.2) is 5.82 Å². The van der Waals surface area contributed by atoms with E-state index in [1.807, 2.05) is 23.5 Å². The molecular formula is C13H20N2O2S2. The smallest absolute Gasteiger partial charge is 0.227 e. The van der Waals surface area contributed by atoms with Crippen LogP contribution in [0.15, 0.2) is 4.52 Å². The van der Waals surface area contributed by atoms with E-state index < -0.39 is 0 Å². The molecule has 1 aliphatic carbocycles. The molecule has 0 bridgehead atoms. The van der Waals surface area contributed by atoms with Crippen molar-refractivity contribution in [1.82, 2.24) is 10.1 Å². The van der Waals surface area contributed by atoms with Crippen LogP contribution in [0.2, 0.25) is 0 Å². The second kappa shape index (κ2) is 6.50. The summed E-state index contributed by atoms with van der Waals surface area (Å²) in [4.78, 5) is 4.54. The molecule has 2 heterocycles. The van der Waals surface area contributed by atoms with Crippen LogP contribution in [0, 0.1) is 5.92 Å². The lowest BCUT2D eigenvalue weighted by Crippen LogP contribution is -2.26. The maximum Gasteiger partial charge on any atom is 0.227 e. The highest BCUT2D eigenvalue weighted by Crippen LogP contribution is 2.35. The second-order valence-electron chi connectivity index (χ2n) is 5.30. The quantitative estimate of drug-likeness (QED) is 0.926. The Morgan fingerprint density at radius 2 is 2.16 bits per heavy atom. The molecule has 0 aromatic carbocycles. The molecular weight excluding hydrogens is 280 g/mol. The monoisotopic (exact) mass is 300 g/mol. The molecule has 4 nitrogen and oxygen atoms in total. The zero-order chi connectivity index (χ0) is 13.1. The van der Waals surface area contributed by atoms with Crippen molar-refractivity contribution in [3.8, 4) is 0 Å². The van der Waals surface area contributed by atoms with E-state index in [4.69, 9.17) is 4.52 Å². The summed E-state index contributed by atoms with van der Waals surface area (Å²) >= 11 is 3.88. The first-order chi connectivity index (χ1) is 9.33. The zero-order valence-corrected chi connectivity index (χ0v) is 12.6. The highest BCUT2D eigenvalue weighted by molar-refractivity contribution is 8.06. The average molecular weight is 300 g/mol. The molecule has 1 N–H and O–H groups in total. The van der Waals surface area contributed by atoms with Crippen LogP contribution in [0.1, 0.15) is 42.6 Å². The van der Waals surface area contributed by atoms with Crippen molar-refractivity contribution in [1.29, 1.82) is 0 Å². The minimum Gasteiger partial charge on any atom is -0.393 e. The van der Waals surface area contributed by atoms with Gasteiger partial charge >= 0.3 is 0 Å². The van der Waals surface area contributed by atoms with Gasteiger partial charge < -0.3 is 9.63 Å².